The Balaban J connectivity index is 1.96. The largest absolute Gasteiger partial charge is 0.497 e. The average molecular weight is 321 g/mol. The minimum Gasteiger partial charge on any atom is -0.497 e. The standard InChI is InChI=1S/C18H31N3O2/c1-20(2)9-4-12-23-18-13-17(22-3)6-5-15(18)14-21-10-7-16(19)8-11-21/h5-6,13,16H,4,7-12,14,19H2,1-3H3. The molecule has 0 amide bonds. The summed E-state index contributed by atoms with van der Waals surface area (Å²) in [4.78, 5) is 4.63. The number of benzene rings is 1. The van der Waals surface area contributed by atoms with Crippen molar-refractivity contribution in [3.63, 3.8) is 0 Å². The molecule has 0 bridgehead atoms. The monoisotopic (exact) mass is 321 g/mol. The number of hydrogen-bond acceptors (Lipinski definition) is 5. The van der Waals surface area contributed by atoms with Crippen molar-refractivity contribution in [1.29, 1.82) is 0 Å². The van der Waals surface area contributed by atoms with Crippen LogP contribution in [0.2, 0.25) is 0 Å². The minimum absolute atomic E-state index is 0.365. The van der Waals surface area contributed by atoms with Crippen LogP contribution in [0, 0.1) is 0 Å². The molecule has 1 saturated heterocycles. The molecular weight excluding hydrogens is 290 g/mol. The number of hydrogen-bond donors (Lipinski definition) is 1. The van der Waals surface area contributed by atoms with Gasteiger partial charge in [-0.15, -0.1) is 0 Å². The summed E-state index contributed by atoms with van der Waals surface area (Å²) in [6.45, 7) is 4.80. The molecule has 0 aromatic heterocycles. The molecular formula is C18H31N3O2. The van der Waals surface area contributed by atoms with Crippen LogP contribution in [0.25, 0.3) is 0 Å². The second-order valence-electron chi connectivity index (χ2n) is 6.59. The van der Waals surface area contributed by atoms with E-state index in [1.54, 1.807) is 7.11 Å². The fraction of sp³-hybridized carbons (Fsp3) is 0.667. The van der Waals surface area contributed by atoms with E-state index in [4.69, 9.17) is 15.2 Å². The average Bonchev–Trinajstić information content (AvgIpc) is 2.54. The molecule has 0 radical (unpaired) electrons. The van der Waals surface area contributed by atoms with Crippen LogP contribution in [0.1, 0.15) is 24.8 Å². The molecule has 0 aliphatic carbocycles. The van der Waals surface area contributed by atoms with Gasteiger partial charge in [0.1, 0.15) is 11.5 Å². The van der Waals surface area contributed by atoms with E-state index in [-0.39, 0.29) is 0 Å². The Hall–Kier alpha value is -1.30. The van der Waals surface area contributed by atoms with Gasteiger partial charge in [-0.2, -0.15) is 0 Å². The molecule has 5 heteroatoms. The van der Waals surface area contributed by atoms with Gasteiger partial charge in [0.2, 0.25) is 0 Å². The molecule has 1 aromatic carbocycles. The summed E-state index contributed by atoms with van der Waals surface area (Å²) in [5.74, 6) is 1.79. The van der Waals surface area contributed by atoms with Crippen LogP contribution in [0.15, 0.2) is 18.2 Å². The number of ether oxygens (including phenoxy) is 2. The van der Waals surface area contributed by atoms with Gasteiger partial charge in [0.05, 0.1) is 13.7 Å². The third-order valence-corrected chi connectivity index (χ3v) is 4.31. The van der Waals surface area contributed by atoms with Crippen molar-refractivity contribution < 1.29 is 9.47 Å². The zero-order chi connectivity index (χ0) is 16.7. The first kappa shape index (κ1) is 18.0. The van der Waals surface area contributed by atoms with Crippen molar-refractivity contribution in [2.75, 3.05) is 47.4 Å². The first-order valence-electron chi connectivity index (χ1n) is 8.51. The summed E-state index contributed by atoms with van der Waals surface area (Å²) >= 11 is 0. The molecule has 0 atom stereocenters. The third-order valence-electron chi connectivity index (χ3n) is 4.31. The summed E-state index contributed by atoms with van der Waals surface area (Å²) in [6.07, 6.45) is 3.17. The topological polar surface area (TPSA) is 51.0 Å². The predicted octanol–water partition coefficient (Wildman–Crippen LogP) is 1.95. The van der Waals surface area contributed by atoms with E-state index >= 15 is 0 Å². The molecule has 0 saturated carbocycles. The summed E-state index contributed by atoms with van der Waals surface area (Å²) in [5.41, 5.74) is 7.22. The number of nitrogens with two attached hydrogens (primary N) is 1. The second kappa shape index (κ2) is 9.11. The van der Waals surface area contributed by atoms with Crippen LogP contribution >= 0.6 is 0 Å². The SMILES string of the molecule is COc1ccc(CN2CCC(N)CC2)c(OCCCN(C)C)c1. The Kier molecular flexibility index (Phi) is 7.15. The Morgan fingerprint density at radius 3 is 2.65 bits per heavy atom. The molecule has 1 fully saturated rings. The van der Waals surface area contributed by atoms with E-state index in [1.165, 1.54) is 5.56 Å². The van der Waals surface area contributed by atoms with Crippen LogP contribution in [-0.2, 0) is 6.54 Å². The molecule has 0 unspecified atom stereocenters. The quantitative estimate of drug-likeness (QED) is 0.742. The number of piperidine rings is 1. The van der Waals surface area contributed by atoms with E-state index in [1.807, 2.05) is 12.1 Å². The maximum Gasteiger partial charge on any atom is 0.127 e. The molecule has 2 rings (SSSR count). The zero-order valence-electron chi connectivity index (χ0n) is 14.8. The predicted molar refractivity (Wildman–Crippen MR) is 94.1 cm³/mol. The lowest BCUT2D eigenvalue weighted by Gasteiger charge is -2.30. The number of rotatable bonds is 8. The van der Waals surface area contributed by atoms with E-state index in [0.717, 1.165) is 63.5 Å². The Morgan fingerprint density at radius 1 is 1.26 bits per heavy atom. The van der Waals surface area contributed by atoms with Crippen molar-refractivity contribution >= 4 is 0 Å². The first-order chi connectivity index (χ1) is 11.1. The van der Waals surface area contributed by atoms with Gasteiger partial charge in [-0.05, 0) is 52.5 Å². The fourth-order valence-electron chi connectivity index (χ4n) is 2.84. The van der Waals surface area contributed by atoms with Gasteiger partial charge in [-0.1, -0.05) is 6.07 Å². The molecule has 1 aliphatic rings. The highest BCUT2D eigenvalue weighted by atomic mass is 16.5. The molecule has 23 heavy (non-hydrogen) atoms. The van der Waals surface area contributed by atoms with Gasteiger partial charge < -0.3 is 20.1 Å². The lowest BCUT2D eigenvalue weighted by atomic mass is 10.0. The van der Waals surface area contributed by atoms with Crippen LogP contribution in [0.4, 0.5) is 0 Å². The molecule has 2 N–H and O–H groups in total. The van der Waals surface area contributed by atoms with Crippen molar-refractivity contribution in [2.45, 2.75) is 31.8 Å². The second-order valence-corrected chi connectivity index (χ2v) is 6.59. The Morgan fingerprint density at radius 2 is 2.00 bits per heavy atom. The van der Waals surface area contributed by atoms with E-state index in [2.05, 4.69) is 30.0 Å². The lowest BCUT2D eigenvalue weighted by molar-refractivity contribution is 0.201. The summed E-state index contributed by atoms with van der Waals surface area (Å²) in [6, 6.07) is 6.50. The van der Waals surface area contributed by atoms with Gasteiger partial charge in [0.15, 0.2) is 0 Å². The van der Waals surface area contributed by atoms with E-state index < -0.39 is 0 Å². The number of nitrogens with zero attached hydrogens (tertiary/aromatic N) is 2. The van der Waals surface area contributed by atoms with Gasteiger partial charge in [-0.3, -0.25) is 4.90 Å². The Bertz CT molecular complexity index is 471. The van der Waals surface area contributed by atoms with Gasteiger partial charge in [0, 0.05) is 30.8 Å². The molecule has 1 heterocycles. The van der Waals surface area contributed by atoms with Crippen LogP contribution in [0.5, 0.6) is 11.5 Å². The smallest absolute Gasteiger partial charge is 0.127 e. The summed E-state index contributed by atoms with van der Waals surface area (Å²) < 4.78 is 11.4. The minimum atomic E-state index is 0.365. The molecule has 130 valence electrons. The maximum absolute atomic E-state index is 6.03. The van der Waals surface area contributed by atoms with Crippen molar-refractivity contribution in [3.8, 4) is 11.5 Å². The highest BCUT2D eigenvalue weighted by molar-refractivity contribution is 5.40. The molecule has 1 aromatic rings. The molecule has 1 aliphatic heterocycles. The summed E-state index contributed by atoms with van der Waals surface area (Å²) in [7, 11) is 5.85. The van der Waals surface area contributed by atoms with Gasteiger partial charge >= 0.3 is 0 Å². The molecule has 0 spiro atoms. The Labute approximate surface area is 140 Å². The normalized spacial score (nSPS) is 16.7. The third kappa shape index (κ3) is 6.01. The maximum atomic E-state index is 6.03. The van der Waals surface area contributed by atoms with Crippen LogP contribution < -0.4 is 15.2 Å². The van der Waals surface area contributed by atoms with Crippen LogP contribution in [0.3, 0.4) is 0 Å². The van der Waals surface area contributed by atoms with Crippen molar-refractivity contribution in [1.82, 2.24) is 9.80 Å². The van der Waals surface area contributed by atoms with Crippen molar-refractivity contribution in [2.24, 2.45) is 5.73 Å². The number of methoxy groups -OCH3 is 1. The highest BCUT2D eigenvalue weighted by Crippen LogP contribution is 2.27. The van der Waals surface area contributed by atoms with Gasteiger partial charge in [0.25, 0.3) is 0 Å². The highest BCUT2D eigenvalue weighted by Gasteiger charge is 2.17. The number of likely N-dealkylation sites (tertiary alicyclic amines) is 1. The first-order valence-corrected chi connectivity index (χ1v) is 8.51. The fourth-order valence-corrected chi connectivity index (χ4v) is 2.84. The lowest BCUT2D eigenvalue weighted by Crippen LogP contribution is -2.39. The molecule has 5 nitrogen and oxygen atoms in total. The summed E-state index contributed by atoms with van der Waals surface area (Å²) in [5, 5.41) is 0. The van der Waals surface area contributed by atoms with E-state index in [0.29, 0.717) is 6.04 Å². The van der Waals surface area contributed by atoms with Crippen molar-refractivity contribution in [3.05, 3.63) is 23.8 Å². The van der Waals surface area contributed by atoms with E-state index in [9.17, 15) is 0 Å². The van der Waals surface area contributed by atoms with Crippen LogP contribution in [-0.4, -0.2) is 63.3 Å². The van der Waals surface area contributed by atoms with Gasteiger partial charge in [-0.25, -0.2) is 0 Å². The zero-order valence-corrected chi connectivity index (χ0v) is 14.8.